The molecule has 0 fully saturated rings. The zero-order chi connectivity index (χ0) is 10.1. The van der Waals surface area contributed by atoms with Crippen molar-refractivity contribution in [1.29, 1.82) is 0 Å². The molecule has 2 heterocycles. The molecule has 0 radical (unpaired) electrons. The van der Waals surface area contributed by atoms with Gasteiger partial charge in [-0.25, -0.2) is 4.98 Å². The molecule has 1 aromatic rings. The van der Waals surface area contributed by atoms with Crippen LogP contribution in [0.5, 0.6) is 0 Å². The van der Waals surface area contributed by atoms with Gasteiger partial charge < -0.3 is 10.3 Å². The second-order valence-corrected chi connectivity index (χ2v) is 3.24. The number of amides is 1. The third-order valence-corrected chi connectivity index (χ3v) is 2.26. The van der Waals surface area contributed by atoms with E-state index in [9.17, 15) is 9.59 Å². The number of rotatable bonds is 1. The van der Waals surface area contributed by atoms with Crippen molar-refractivity contribution in [1.82, 2.24) is 9.97 Å². The molecular weight excluding hydrogens is 182 g/mol. The van der Waals surface area contributed by atoms with Crippen molar-refractivity contribution in [2.75, 3.05) is 5.32 Å². The van der Waals surface area contributed by atoms with Crippen LogP contribution < -0.4 is 10.9 Å². The zero-order valence-electron chi connectivity index (χ0n) is 7.89. The summed E-state index contributed by atoms with van der Waals surface area (Å²) in [5, 5.41) is 2.61. The van der Waals surface area contributed by atoms with E-state index in [1.807, 2.05) is 6.92 Å². The lowest BCUT2D eigenvalue weighted by molar-refractivity contribution is -0.116. The molecule has 0 aromatic carbocycles. The largest absolute Gasteiger partial charge is 0.310 e. The number of fused-ring (bicyclic) bond motifs is 1. The van der Waals surface area contributed by atoms with Gasteiger partial charge in [-0.05, 0) is 6.42 Å². The molecular formula is C9H11N3O2. The number of nitrogens with zero attached hydrogens (tertiary/aromatic N) is 1. The fourth-order valence-corrected chi connectivity index (χ4v) is 1.48. The first-order valence-corrected chi connectivity index (χ1v) is 4.62. The summed E-state index contributed by atoms with van der Waals surface area (Å²) in [5.41, 5.74) is 0.452. The second kappa shape index (κ2) is 3.25. The number of nitrogens with one attached hydrogen (secondary N) is 2. The van der Waals surface area contributed by atoms with Gasteiger partial charge in [0, 0.05) is 12.8 Å². The van der Waals surface area contributed by atoms with Gasteiger partial charge in [-0.1, -0.05) is 6.92 Å². The average Bonchev–Trinajstić information content (AvgIpc) is 2.16. The molecule has 2 rings (SSSR count). The maximum absolute atomic E-state index is 11.5. The number of hydrogen-bond donors (Lipinski definition) is 2. The van der Waals surface area contributed by atoms with Gasteiger partial charge in [0.25, 0.3) is 5.56 Å². The highest BCUT2D eigenvalue weighted by molar-refractivity contribution is 5.92. The van der Waals surface area contributed by atoms with Gasteiger partial charge in [-0.3, -0.25) is 9.59 Å². The molecule has 74 valence electrons. The zero-order valence-corrected chi connectivity index (χ0v) is 7.89. The summed E-state index contributed by atoms with van der Waals surface area (Å²) in [5.74, 6) is 0.968. The summed E-state index contributed by atoms with van der Waals surface area (Å²) < 4.78 is 0. The summed E-state index contributed by atoms with van der Waals surface area (Å²) in [7, 11) is 0. The molecule has 0 unspecified atom stereocenters. The molecule has 1 amide bonds. The van der Waals surface area contributed by atoms with E-state index in [-0.39, 0.29) is 11.5 Å². The van der Waals surface area contributed by atoms with E-state index in [0.717, 1.165) is 0 Å². The van der Waals surface area contributed by atoms with Gasteiger partial charge >= 0.3 is 0 Å². The fraction of sp³-hybridized carbons (Fsp3) is 0.444. The fourth-order valence-electron chi connectivity index (χ4n) is 1.48. The van der Waals surface area contributed by atoms with Crippen LogP contribution in [-0.2, 0) is 17.6 Å². The van der Waals surface area contributed by atoms with Gasteiger partial charge in [-0.2, -0.15) is 0 Å². The molecule has 0 atom stereocenters. The van der Waals surface area contributed by atoms with Crippen molar-refractivity contribution in [3.8, 4) is 0 Å². The highest BCUT2D eigenvalue weighted by Gasteiger charge is 2.19. The molecule has 5 nitrogen and oxygen atoms in total. The van der Waals surface area contributed by atoms with E-state index in [1.165, 1.54) is 0 Å². The minimum Gasteiger partial charge on any atom is -0.310 e. The SMILES string of the molecule is CCc1nc2c(c(=O)[nH]1)CCC(=O)N2. The first-order chi connectivity index (χ1) is 6.70. The topological polar surface area (TPSA) is 74.8 Å². The molecule has 0 aliphatic carbocycles. The van der Waals surface area contributed by atoms with E-state index in [0.29, 0.717) is 36.5 Å². The van der Waals surface area contributed by atoms with Gasteiger partial charge in [-0.15, -0.1) is 0 Å². The van der Waals surface area contributed by atoms with Crippen LogP contribution in [0.4, 0.5) is 5.82 Å². The molecule has 0 spiro atoms. The van der Waals surface area contributed by atoms with Crippen LogP contribution >= 0.6 is 0 Å². The minimum atomic E-state index is -0.133. The predicted molar refractivity (Wildman–Crippen MR) is 51.2 cm³/mol. The average molecular weight is 193 g/mol. The lowest BCUT2D eigenvalue weighted by Crippen LogP contribution is -2.28. The molecule has 0 bridgehead atoms. The van der Waals surface area contributed by atoms with Crippen LogP contribution in [0.15, 0.2) is 4.79 Å². The normalized spacial score (nSPS) is 14.8. The lowest BCUT2D eigenvalue weighted by Gasteiger charge is -2.14. The Morgan fingerprint density at radius 3 is 2.86 bits per heavy atom. The molecule has 1 aliphatic rings. The van der Waals surface area contributed by atoms with Gasteiger partial charge in [0.1, 0.15) is 11.6 Å². The maximum Gasteiger partial charge on any atom is 0.256 e. The molecule has 2 N–H and O–H groups in total. The Bertz CT molecular complexity index is 436. The predicted octanol–water partition coefficient (Wildman–Crippen LogP) is 0.217. The van der Waals surface area contributed by atoms with Gasteiger partial charge in [0.05, 0.1) is 5.56 Å². The summed E-state index contributed by atoms with van der Waals surface area (Å²) in [6, 6.07) is 0. The first kappa shape index (κ1) is 8.93. The lowest BCUT2D eigenvalue weighted by atomic mass is 10.1. The Morgan fingerprint density at radius 2 is 2.14 bits per heavy atom. The Hall–Kier alpha value is -1.65. The van der Waals surface area contributed by atoms with Crippen LogP contribution in [0.1, 0.15) is 24.7 Å². The summed E-state index contributed by atoms with van der Waals surface area (Å²) in [6.45, 7) is 1.90. The first-order valence-electron chi connectivity index (χ1n) is 4.62. The number of carbonyl (C=O) groups is 1. The van der Waals surface area contributed by atoms with E-state index in [4.69, 9.17) is 0 Å². The molecule has 0 saturated carbocycles. The molecule has 1 aliphatic heterocycles. The summed E-state index contributed by atoms with van der Waals surface area (Å²) >= 11 is 0. The number of aromatic nitrogens is 2. The Labute approximate surface area is 80.6 Å². The number of carbonyl (C=O) groups excluding carboxylic acids is 1. The van der Waals surface area contributed by atoms with Crippen molar-refractivity contribution >= 4 is 11.7 Å². The smallest absolute Gasteiger partial charge is 0.256 e. The van der Waals surface area contributed by atoms with Gasteiger partial charge in [0.2, 0.25) is 5.91 Å². The number of aromatic amines is 1. The van der Waals surface area contributed by atoms with Crippen molar-refractivity contribution in [2.45, 2.75) is 26.2 Å². The highest BCUT2D eigenvalue weighted by Crippen LogP contribution is 2.15. The van der Waals surface area contributed by atoms with Crippen molar-refractivity contribution < 1.29 is 4.79 Å². The monoisotopic (exact) mass is 193 g/mol. The third kappa shape index (κ3) is 1.41. The van der Waals surface area contributed by atoms with Gasteiger partial charge in [0.15, 0.2) is 0 Å². The highest BCUT2D eigenvalue weighted by atomic mass is 16.2. The van der Waals surface area contributed by atoms with Crippen LogP contribution in [0.25, 0.3) is 0 Å². The van der Waals surface area contributed by atoms with E-state index < -0.39 is 0 Å². The number of anilines is 1. The standard InChI is InChI=1S/C9H11N3O2/c1-2-6-10-8-5(9(14)11-6)3-4-7(13)12-8/h2-4H2,1H3,(H2,10,11,12,13,14). The van der Waals surface area contributed by atoms with Crippen LogP contribution in [-0.4, -0.2) is 15.9 Å². The minimum absolute atomic E-state index is 0.0716. The molecule has 5 heteroatoms. The molecule has 1 aromatic heterocycles. The van der Waals surface area contributed by atoms with E-state index >= 15 is 0 Å². The van der Waals surface area contributed by atoms with Crippen LogP contribution in [0.2, 0.25) is 0 Å². The number of H-pyrrole nitrogens is 1. The summed E-state index contributed by atoms with van der Waals surface area (Å²) in [4.78, 5) is 29.4. The molecule has 14 heavy (non-hydrogen) atoms. The quantitative estimate of drug-likeness (QED) is 0.669. The second-order valence-electron chi connectivity index (χ2n) is 3.24. The molecule has 0 saturated heterocycles. The van der Waals surface area contributed by atoms with E-state index in [1.54, 1.807) is 0 Å². The van der Waals surface area contributed by atoms with Crippen LogP contribution in [0.3, 0.4) is 0 Å². The van der Waals surface area contributed by atoms with Crippen LogP contribution in [0, 0.1) is 0 Å². The third-order valence-electron chi connectivity index (χ3n) is 2.26. The van der Waals surface area contributed by atoms with Crippen molar-refractivity contribution in [3.05, 3.63) is 21.7 Å². The maximum atomic E-state index is 11.5. The van der Waals surface area contributed by atoms with Crippen molar-refractivity contribution in [3.63, 3.8) is 0 Å². The Balaban J connectivity index is 2.54. The Morgan fingerprint density at radius 1 is 1.36 bits per heavy atom. The van der Waals surface area contributed by atoms with Crippen molar-refractivity contribution in [2.24, 2.45) is 0 Å². The van der Waals surface area contributed by atoms with E-state index in [2.05, 4.69) is 15.3 Å². The Kier molecular flexibility index (Phi) is 2.07. The number of aryl methyl sites for hydroxylation is 1. The number of hydrogen-bond acceptors (Lipinski definition) is 3. The summed E-state index contributed by atoms with van der Waals surface area (Å²) in [6.07, 6.45) is 1.50.